The smallest absolute Gasteiger partial charge is 0.130 e. The fourth-order valence-corrected chi connectivity index (χ4v) is 1.84. The van der Waals surface area contributed by atoms with Crippen molar-refractivity contribution in [3.8, 4) is 11.5 Å². The molecule has 0 bridgehead atoms. The van der Waals surface area contributed by atoms with E-state index >= 15 is 0 Å². The Morgan fingerprint density at radius 2 is 1.59 bits per heavy atom. The van der Waals surface area contributed by atoms with Gasteiger partial charge in [0, 0.05) is 5.69 Å². The molecule has 0 fully saturated rings. The summed E-state index contributed by atoms with van der Waals surface area (Å²) in [6, 6.07) is 11.3. The Kier molecular flexibility index (Phi) is 3.20. The summed E-state index contributed by atoms with van der Waals surface area (Å²) in [6.07, 6.45) is 0. The van der Waals surface area contributed by atoms with Crippen molar-refractivity contribution < 1.29 is 4.74 Å². The largest absolute Gasteiger partial charge is 0.457 e. The molecular weight excluding hydrogens is 226 g/mol. The van der Waals surface area contributed by atoms with Crippen LogP contribution in [0.25, 0.3) is 0 Å². The van der Waals surface area contributed by atoms with Crippen LogP contribution in [0.15, 0.2) is 36.4 Å². The van der Waals surface area contributed by atoms with E-state index in [9.17, 15) is 0 Å². The van der Waals surface area contributed by atoms with Crippen molar-refractivity contribution in [2.45, 2.75) is 13.8 Å². The van der Waals surface area contributed by atoms with Gasteiger partial charge in [0.25, 0.3) is 0 Å². The van der Waals surface area contributed by atoms with Gasteiger partial charge in [-0.15, -0.1) is 0 Å². The maximum atomic E-state index is 5.82. The van der Waals surface area contributed by atoms with Gasteiger partial charge in [-0.05, 0) is 55.3 Å². The molecule has 2 rings (SSSR count). The molecule has 3 heteroatoms. The second-order valence-corrected chi connectivity index (χ2v) is 4.57. The van der Waals surface area contributed by atoms with Crippen LogP contribution in [0.3, 0.4) is 0 Å². The molecule has 0 amide bonds. The molecule has 2 N–H and O–H groups in total. The Morgan fingerprint density at radius 1 is 0.941 bits per heavy atom. The Labute approximate surface area is 105 Å². The molecule has 0 saturated heterocycles. The van der Waals surface area contributed by atoms with Crippen molar-refractivity contribution in [3.05, 3.63) is 47.5 Å². The van der Waals surface area contributed by atoms with E-state index in [0.717, 1.165) is 27.9 Å². The maximum absolute atomic E-state index is 5.82. The highest BCUT2D eigenvalue weighted by Crippen LogP contribution is 2.26. The molecule has 0 saturated carbocycles. The van der Waals surface area contributed by atoms with Gasteiger partial charge in [-0.25, -0.2) is 0 Å². The fourth-order valence-electron chi connectivity index (χ4n) is 1.57. The molecule has 0 unspecified atom stereocenters. The third-order valence-electron chi connectivity index (χ3n) is 2.85. The normalized spacial score (nSPS) is 10.3. The molecule has 17 heavy (non-hydrogen) atoms. The van der Waals surface area contributed by atoms with Crippen LogP contribution in [0.5, 0.6) is 11.5 Å². The van der Waals surface area contributed by atoms with Crippen LogP contribution in [0.2, 0.25) is 0 Å². The molecule has 0 heterocycles. The first-order chi connectivity index (χ1) is 8.08. The van der Waals surface area contributed by atoms with E-state index in [1.807, 2.05) is 43.3 Å². The summed E-state index contributed by atoms with van der Waals surface area (Å²) in [5.74, 6) is 1.66. The lowest BCUT2D eigenvalue weighted by atomic mass is 10.1. The number of hydrogen-bond donors (Lipinski definition) is 1. The van der Waals surface area contributed by atoms with Gasteiger partial charge >= 0.3 is 0 Å². The summed E-state index contributed by atoms with van der Waals surface area (Å²) >= 11 is 0. The maximum Gasteiger partial charge on any atom is 0.130 e. The van der Waals surface area contributed by atoms with E-state index in [-0.39, 0.29) is 0 Å². The van der Waals surface area contributed by atoms with Crippen molar-refractivity contribution >= 4 is 21.1 Å². The minimum absolute atomic E-state index is 0.737. The Hall–Kier alpha value is -1.74. The number of benzene rings is 2. The van der Waals surface area contributed by atoms with E-state index in [1.54, 1.807) is 0 Å². The van der Waals surface area contributed by atoms with Crippen molar-refractivity contribution in [3.63, 3.8) is 0 Å². The summed E-state index contributed by atoms with van der Waals surface area (Å²) < 4.78 is 5.82. The number of rotatable bonds is 2. The van der Waals surface area contributed by atoms with Crippen LogP contribution in [-0.2, 0) is 0 Å². The summed E-state index contributed by atoms with van der Waals surface area (Å²) in [4.78, 5) is 0. The standard InChI is InChI=1S/C14H14NOSi/c1-9-10(2)14(17)8-7-13(9)16-12-5-3-11(15)4-6-12/h3-8H,15H2,1-2H3. The highest BCUT2D eigenvalue weighted by Gasteiger charge is 2.05. The third-order valence-corrected chi connectivity index (χ3v) is 3.39. The van der Waals surface area contributed by atoms with E-state index in [1.165, 1.54) is 5.56 Å². The number of nitrogen functional groups attached to an aromatic ring is 1. The van der Waals surface area contributed by atoms with Crippen LogP contribution in [0, 0.1) is 13.8 Å². The number of ether oxygens (including phenoxy) is 1. The zero-order valence-corrected chi connectivity index (χ0v) is 10.9. The topological polar surface area (TPSA) is 35.2 Å². The fraction of sp³-hybridized carbons (Fsp3) is 0.143. The van der Waals surface area contributed by atoms with Gasteiger partial charge in [0.05, 0.1) is 10.2 Å². The molecule has 0 aliphatic carbocycles. The first kappa shape index (κ1) is 11.7. The van der Waals surface area contributed by atoms with E-state index < -0.39 is 0 Å². The molecular formula is C14H14NOSi. The molecule has 0 aromatic heterocycles. The van der Waals surface area contributed by atoms with Gasteiger partial charge in [0.15, 0.2) is 0 Å². The number of hydrogen-bond acceptors (Lipinski definition) is 2. The minimum atomic E-state index is 0.737. The summed E-state index contributed by atoms with van der Waals surface area (Å²) in [5, 5.41) is 1.09. The zero-order valence-electron chi connectivity index (χ0n) is 9.95. The summed E-state index contributed by atoms with van der Waals surface area (Å²) in [6.45, 7) is 4.11. The monoisotopic (exact) mass is 240 g/mol. The highest BCUT2D eigenvalue weighted by atomic mass is 28.1. The van der Waals surface area contributed by atoms with Crippen molar-refractivity contribution in [1.29, 1.82) is 0 Å². The summed E-state index contributed by atoms with van der Waals surface area (Å²) in [7, 11) is 3.55. The van der Waals surface area contributed by atoms with E-state index in [0.29, 0.717) is 0 Å². The van der Waals surface area contributed by atoms with Crippen LogP contribution in [0.1, 0.15) is 11.1 Å². The molecule has 2 aromatic rings. The Bertz CT molecular complexity index is 535. The quantitative estimate of drug-likeness (QED) is 0.646. The zero-order chi connectivity index (χ0) is 12.4. The molecule has 0 aliphatic heterocycles. The molecule has 3 radical (unpaired) electrons. The predicted octanol–water partition coefficient (Wildman–Crippen LogP) is 2.47. The first-order valence-corrected chi connectivity index (χ1v) is 5.93. The molecule has 2 aromatic carbocycles. The SMILES string of the molecule is Cc1c([Si])ccc(Oc2ccc(N)cc2)c1C. The molecule has 85 valence electrons. The second-order valence-electron chi connectivity index (χ2n) is 4.03. The molecule has 0 aliphatic rings. The van der Waals surface area contributed by atoms with E-state index in [4.69, 9.17) is 10.5 Å². The predicted molar refractivity (Wildman–Crippen MR) is 72.2 cm³/mol. The van der Waals surface area contributed by atoms with Crippen LogP contribution >= 0.6 is 0 Å². The third kappa shape index (κ3) is 2.50. The van der Waals surface area contributed by atoms with Crippen LogP contribution < -0.4 is 15.7 Å². The minimum Gasteiger partial charge on any atom is -0.457 e. The van der Waals surface area contributed by atoms with Gasteiger partial charge in [-0.1, -0.05) is 11.3 Å². The lowest BCUT2D eigenvalue weighted by Gasteiger charge is -2.12. The molecule has 0 spiro atoms. The lowest BCUT2D eigenvalue weighted by Crippen LogP contribution is -2.08. The first-order valence-electron chi connectivity index (χ1n) is 5.43. The van der Waals surface area contributed by atoms with Gasteiger partial charge < -0.3 is 10.5 Å². The highest BCUT2D eigenvalue weighted by molar-refractivity contribution is 6.33. The number of anilines is 1. The molecule has 0 atom stereocenters. The van der Waals surface area contributed by atoms with Crippen LogP contribution in [-0.4, -0.2) is 10.2 Å². The van der Waals surface area contributed by atoms with Crippen LogP contribution in [0.4, 0.5) is 5.69 Å². The van der Waals surface area contributed by atoms with Gasteiger partial charge in [0.2, 0.25) is 0 Å². The number of nitrogens with two attached hydrogens (primary N) is 1. The van der Waals surface area contributed by atoms with E-state index in [2.05, 4.69) is 17.2 Å². The summed E-state index contributed by atoms with van der Waals surface area (Å²) in [5.41, 5.74) is 8.69. The van der Waals surface area contributed by atoms with Crippen molar-refractivity contribution in [1.82, 2.24) is 0 Å². The van der Waals surface area contributed by atoms with Crippen molar-refractivity contribution in [2.24, 2.45) is 0 Å². The van der Waals surface area contributed by atoms with Gasteiger partial charge in [-0.3, -0.25) is 0 Å². The molecule has 2 nitrogen and oxygen atoms in total. The van der Waals surface area contributed by atoms with Crippen molar-refractivity contribution in [2.75, 3.05) is 5.73 Å². The second kappa shape index (κ2) is 4.63. The van der Waals surface area contributed by atoms with Gasteiger partial charge in [0.1, 0.15) is 11.5 Å². The van der Waals surface area contributed by atoms with Gasteiger partial charge in [-0.2, -0.15) is 0 Å². The average Bonchev–Trinajstić information content (AvgIpc) is 2.33. The average molecular weight is 240 g/mol. The Morgan fingerprint density at radius 3 is 2.24 bits per heavy atom. The lowest BCUT2D eigenvalue weighted by molar-refractivity contribution is 0.478. The Balaban J connectivity index is 2.30.